The molecule has 0 spiro atoms. The lowest BCUT2D eigenvalue weighted by atomic mass is 10.1. The molecule has 0 heterocycles. The number of carbonyl (C=O) groups is 2. The fourth-order valence-electron chi connectivity index (χ4n) is 0.565. The maximum absolute atomic E-state index is 10.2. The Morgan fingerprint density at radius 1 is 1.64 bits per heavy atom. The molecule has 5 nitrogen and oxygen atoms in total. The van der Waals surface area contributed by atoms with Gasteiger partial charge < -0.3 is 16.1 Å². The number of rotatable bonds is 5. The molecule has 0 aliphatic heterocycles. The van der Waals surface area contributed by atoms with Gasteiger partial charge in [-0.15, -0.1) is 0 Å². The number of nitrogens with two attached hydrogens (primary N) is 1. The van der Waals surface area contributed by atoms with Gasteiger partial charge in [-0.05, 0) is 6.42 Å². The molecule has 0 aromatic carbocycles. The second-order valence-corrected chi connectivity index (χ2v) is 2.06. The number of nitrogens with one attached hydrogen (secondary N) is 1. The molecule has 6 heteroatoms. The molecule has 0 rings (SSSR count). The first-order valence-corrected chi connectivity index (χ1v) is 3.05. The number of carbonyl (C=O) groups excluding carboxylic acids is 1. The van der Waals surface area contributed by atoms with E-state index >= 15 is 0 Å². The van der Waals surface area contributed by atoms with Gasteiger partial charge in [0.15, 0.2) is 7.98 Å². The SMILES string of the molecule is [B]NC(CCC(N)=O)C(=O)O. The van der Waals surface area contributed by atoms with E-state index in [0.717, 1.165) is 0 Å². The van der Waals surface area contributed by atoms with Gasteiger partial charge >= 0.3 is 5.97 Å². The number of carboxylic acid groups (broad SMARTS) is 1. The van der Waals surface area contributed by atoms with Gasteiger partial charge in [0.25, 0.3) is 0 Å². The van der Waals surface area contributed by atoms with Crippen LogP contribution in [0.2, 0.25) is 0 Å². The molecular weight excluding hydrogens is 147 g/mol. The molecular formula is C5H9BN2O3. The van der Waals surface area contributed by atoms with Gasteiger partial charge in [-0.25, -0.2) is 0 Å². The summed E-state index contributed by atoms with van der Waals surface area (Å²) in [5, 5.41) is 10.4. The highest BCUT2D eigenvalue weighted by Crippen LogP contribution is 1.95. The van der Waals surface area contributed by atoms with Gasteiger partial charge in [0.05, 0.1) is 6.04 Å². The lowest BCUT2D eigenvalue weighted by molar-refractivity contribution is -0.139. The predicted octanol–water partition coefficient (Wildman–Crippen LogP) is -1.62. The quantitative estimate of drug-likeness (QED) is 0.417. The fourth-order valence-corrected chi connectivity index (χ4v) is 0.565. The first kappa shape index (κ1) is 9.96. The molecule has 0 fully saturated rings. The summed E-state index contributed by atoms with van der Waals surface area (Å²) in [6.07, 6.45) is 0.127. The Morgan fingerprint density at radius 2 is 2.18 bits per heavy atom. The normalized spacial score (nSPS) is 12.4. The zero-order valence-electron chi connectivity index (χ0n) is 5.91. The van der Waals surface area contributed by atoms with Crippen LogP contribution in [-0.2, 0) is 9.59 Å². The van der Waals surface area contributed by atoms with Crippen LogP contribution in [0.4, 0.5) is 0 Å². The van der Waals surface area contributed by atoms with Crippen molar-refractivity contribution in [2.45, 2.75) is 18.9 Å². The summed E-state index contributed by atoms with van der Waals surface area (Å²) in [6.45, 7) is 0. The van der Waals surface area contributed by atoms with Gasteiger partial charge in [-0.3, -0.25) is 9.59 Å². The van der Waals surface area contributed by atoms with Crippen molar-refractivity contribution in [3.05, 3.63) is 0 Å². The Hall–Kier alpha value is -1.04. The summed E-state index contributed by atoms with van der Waals surface area (Å²) in [5.41, 5.74) is 4.80. The predicted molar refractivity (Wildman–Crippen MR) is 38.7 cm³/mol. The van der Waals surface area contributed by atoms with Gasteiger partial charge in [-0.2, -0.15) is 0 Å². The second-order valence-electron chi connectivity index (χ2n) is 2.06. The first-order valence-electron chi connectivity index (χ1n) is 3.05. The van der Waals surface area contributed by atoms with E-state index in [1.807, 2.05) is 5.23 Å². The summed E-state index contributed by atoms with van der Waals surface area (Å²) >= 11 is 0. The standard InChI is InChI=1S/C5H9BN2O3/c6-8-3(5(10)11)1-2-4(7)9/h3,8H,1-2H2,(H2,7,9)(H,10,11). The molecule has 4 N–H and O–H groups in total. The zero-order valence-corrected chi connectivity index (χ0v) is 5.91. The Bertz CT molecular complexity index is 162. The van der Waals surface area contributed by atoms with Crippen molar-refractivity contribution in [3.8, 4) is 0 Å². The number of primary amides is 1. The fraction of sp³-hybridized carbons (Fsp3) is 0.600. The van der Waals surface area contributed by atoms with Crippen molar-refractivity contribution in [3.63, 3.8) is 0 Å². The summed E-state index contributed by atoms with van der Waals surface area (Å²) in [5.74, 6) is -1.62. The smallest absolute Gasteiger partial charge is 0.319 e. The van der Waals surface area contributed by atoms with Crippen molar-refractivity contribution in [2.75, 3.05) is 0 Å². The van der Waals surface area contributed by atoms with Crippen LogP contribution in [0.15, 0.2) is 0 Å². The van der Waals surface area contributed by atoms with Crippen molar-refractivity contribution in [1.82, 2.24) is 5.23 Å². The molecule has 0 saturated carbocycles. The third kappa shape index (κ3) is 4.38. The Labute approximate surface area is 65.4 Å². The van der Waals surface area contributed by atoms with Gasteiger partial charge in [0.1, 0.15) is 0 Å². The van der Waals surface area contributed by atoms with Crippen LogP contribution >= 0.6 is 0 Å². The van der Waals surface area contributed by atoms with E-state index in [-0.39, 0.29) is 12.8 Å². The first-order chi connectivity index (χ1) is 5.07. The lowest BCUT2D eigenvalue weighted by Crippen LogP contribution is -2.35. The van der Waals surface area contributed by atoms with Crippen LogP contribution in [-0.4, -0.2) is 31.0 Å². The molecule has 60 valence electrons. The molecule has 2 radical (unpaired) electrons. The van der Waals surface area contributed by atoms with Crippen LogP contribution in [0.3, 0.4) is 0 Å². The largest absolute Gasteiger partial charge is 0.480 e. The summed E-state index contributed by atoms with van der Waals surface area (Å²) in [4.78, 5) is 20.5. The third-order valence-corrected chi connectivity index (χ3v) is 1.18. The van der Waals surface area contributed by atoms with E-state index in [4.69, 9.17) is 18.8 Å². The molecule has 0 aromatic rings. The maximum Gasteiger partial charge on any atom is 0.319 e. The van der Waals surface area contributed by atoms with E-state index < -0.39 is 17.9 Å². The minimum absolute atomic E-state index is 0.0150. The molecule has 1 unspecified atom stereocenters. The molecule has 1 atom stereocenters. The highest BCUT2D eigenvalue weighted by molar-refractivity contribution is 6.06. The van der Waals surface area contributed by atoms with Crippen LogP contribution in [0.1, 0.15) is 12.8 Å². The molecule has 0 aliphatic rings. The van der Waals surface area contributed by atoms with Crippen LogP contribution < -0.4 is 11.0 Å². The van der Waals surface area contributed by atoms with Crippen molar-refractivity contribution < 1.29 is 14.7 Å². The van der Waals surface area contributed by atoms with E-state index in [2.05, 4.69) is 0 Å². The number of carboxylic acids is 1. The van der Waals surface area contributed by atoms with Gasteiger partial charge in [0, 0.05) is 6.42 Å². The second kappa shape index (κ2) is 4.73. The van der Waals surface area contributed by atoms with E-state index in [0.29, 0.717) is 0 Å². The number of aliphatic carboxylic acids is 1. The summed E-state index contributed by atoms with van der Waals surface area (Å²) in [7, 11) is 4.88. The molecule has 11 heavy (non-hydrogen) atoms. The van der Waals surface area contributed by atoms with Crippen LogP contribution in [0, 0.1) is 0 Å². The molecule has 0 saturated heterocycles. The monoisotopic (exact) mass is 156 g/mol. The highest BCUT2D eigenvalue weighted by atomic mass is 16.4. The lowest BCUT2D eigenvalue weighted by Gasteiger charge is -2.08. The topological polar surface area (TPSA) is 92.4 Å². The van der Waals surface area contributed by atoms with Crippen LogP contribution in [0.5, 0.6) is 0 Å². The zero-order chi connectivity index (χ0) is 8.85. The molecule has 0 aliphatic carbocycles. The minimum atomic E-state index is -1.09. The van der Waals surface area contributed by atoms with E-state index in [9.17, 15) is 9.59 Å². The Morgan fingerprint density at radius 3 is 2.45 bits per heavy atom. The van der Waals surface area contributed by atoms with Gasteiger partial charge in [0.2, 0.25) is 5.91 Å². The van der Waals surface area contributed by atoms with Gasteiger partial charge in [-0.1, -0.05) is 0 Å². The van der Waals surface area contributed by atoms with Crippen molar-refractivity contribution in [1.29, 1.82) is 0 Å². The molecule has 1 amide bonds. The minimum Gasteiger partial charge on any atom is -0.480 e. The number of hydrogen-bond donors (Lipinski definition) is 3. The third-order valence-electron chi connectivity index (χ3n) is 1.18. The summed E-state index contributed by atoms with van der Waals surface area (Å²) in [6, 6.07) is -0.900. The maximum atomic E-state index is 10.2. The average molecular weight is 156 g/mol. The highest BCUT2D eigenvalue weighted by Gasteiger charge is 2.14. The number of amides is 1. The molecule has 0 aromatic heterocycles. The van der Waals surface area contributed by atoms with Crippen molar-refractivity contribution >= 4 is 19.9 Å². The van der Waals surface area contributed by atoms with Crippen LogP contribution in [0.25, 0.3) is 0 Å². The Balaban J connectivity index is 3.70. The van der Waals surface area contributed by atoms with E-state index in [1.54, 1.807) is 0 Å². The van der Waals surface area contributed by atoms with Crippen molar-refractivity contribution in [2.24, 2.45) is 5.73 Å². The van der Waals surface area contributed by atoms with E-state index in [1.165, 1.54) is 0 Å². The Kier molecular flexibility index (Phi) is 4.29. The summed E-state index contributed by atoms with van der Waals surface area (Å²) < 4.78 is 0. The molecule has 0 bridgehead atoms. The number of hydrogen-bond acceptors (Lipinski definition) is 3. The average Bonchev–Trinajstić information content (AvgIpc) is 1.87.